The van der Waals surface area contributed by atoms with Crippen LogP contribution in [0.15, 0.2) is 17.2 Å². The van der Waals surface area contributed by atoms with Crippen LogP contribution < -0.4 is 10.2 Å². The van der Waals surface area contributed by atoms with Crippen molar-refractivity contribution in [3.05, 3.63) is 22.9 Å². The SMILES string of the molecule is CN1CCC[C@H](N(C)c2nccc(C=C3SC(=O)NC3=O)n2)C1. The van der Waals surface area contributed by atoms with E-state index in [2.05, 4.69) is 32.1 Å². The summed E-state index contributed by atoms with van der Waals surface area (Å²) in [6.07, 6.45) is 5.57. The van der Waals surface area contributed by atoms with Crippen LogP contribution in [0.4, 0.5) is 10.7 Å². The number of carbonyl (C=O) groups is 2. The first-order valence-electron chi connectivity index (χ1n) is 7.52. The van der Waals surface area contributed by atoms with Gasteiger partial charge in [-0.05, 0) is 50.3 Å². The van der Waals surface area contributed by atoms with Gasteiger partial charge in [0.15, 0.2) is 0 Å². The maximum absolute atomic E-state index is 11.6. The van der Waals surface area contributed by atoms with E-state index in [1.54, 1.807) is 18.3 Å². The van der Waals surface area contributed by atoms with Crippen molar-refractivity contribution in [1.29, 1.82) is 0 Å². The average Bonchev–Trinajstić information content (AvgIpc) is 2.84. The third-order valence-electron chi connectivity index (χ3n) is 4.05. The molecule has 2 amide bonds. The highest BCUT2D eigenvalue weighted by atomic mass is 32.2. The van der Waals surface area contributed by atoms with Crippen LogP contribution in [0.2, 0.25) is 0 Å². The van der Waals surface area contributed by atoms with Crippen molar-refractivity contribution in [2.24, 2.45) is 0 Å². The Morgan fingerprint density at radius 3 is 3.00 bits per heavy atom. The lowest BCUT2D eigenvalue weighted by atomic mass is 10.1. The van der Waals surface area contributed by atoms with Crippen LogP contribution in [0, 0.1) is 0 Å². The summed E-state index contributed by atoms with van der Waals surface area (Å²) >= 11 is 0.892. The Labute approximate surface area is 139 Å². The van der Waals surface area contributed by atoms with Gasteiger partial charge in [0.25, 0.3) is 11.1 Å². The first kappa shape index (κ1) is 15.9. The largest absolute Gasteiger partial charge is 0.340 e. The minimum Gasteiger partial charge on any atom is -0.340 e. The second-order valence-corrected chi connectivity index (χ2v) is 6.82. The van der Waals surface area contributed by atoms with Crippen molar-refractivity contribution in [2.75, 3.05) is 32.1 Å². The molecule has 0 aliphatic carbocycles. The molecule has 2 fully saturated rings. The molecule has 0 aromatic carbocycles. The molecule has 0 bridgehead atoms. The van der Waals surface area contributed by atoms with Crippen molar-refractivity contribution in [2.45, 2.75) is 18.9 Å². The number of aromatic nitrogens is 2. The van der Waals surface area contributed by atoms with Crippen LogP contribution in [0.25, 0.3) is 6.08 Å². The number of hydrogen-bond donors (Lipinski definition) is 1. The van der Waals surface area contributed by atoms with Crippen molar-refractivity contribution in [3.8, 4) is 0 Å². The van der Waals surface area contributed by atoms with Gasteiger partial charge in [0.1, 0.15) is 0 Å². The molecule has 2 aliphatic rings. The number of hydrogen-bond acceptors (Lipinski definition) is 7. The van der Waals surface area contributed by atoms with Crippen LogP contribution in [0.3, 0.4) is 0 Å². The van der Waals surface area contributed by atoms with Gasteiger partial charge >= 0.3 is 0 Å². The first-order chi connectivity index (χ1) is 11.0. The Kier molecular flexibility index (Phi) is 4.63. The van der Waals surface area contributed by atoms with Gasteiger partial charge in [-0.3, -0.25) is 14.9 Å². The quantitative estimate of drug-likeness (QED) is 0.836. The molecule has 2 saturated heterocycles. The lowest BCUT2D eigenvalue weighted by molar-refractivity contribution is -0.115. The summed E-state index contributed by atoms with van der Waals surface area (Å²) in [6.45, 7) is 2.11. The number of likely N-dealkylation sites (tertiary alicyclic amines) is 1. The fraction of sp³-hybridized carbons (Fsp3) is 0.467. The normalized spacial score (nSPS) is 24.1. The molecule has 1 N–H and O–H groups in total. The number of amides is 2. The van der Waals surface area contributed by atoms with Gasteiger partial charge in [-0.1, -0.05) is 0 Å². The summed E-state index contributed by atoms with van der Waals surface area (Å²) in [7, 11) is 4.12. The van der Waals surface area contributed by atoms with Gasteiger partial charge in [0, 0.05) is 25.8 Å². The highest BCUT2D eigenvalue weighted by Gasteiger charge is 2.26. The molecule has 3 heterocycles. The lowest BCUT2D eigenvalue weighted by Crippen LogP contribution is -2.45. The van der Waals surface area contributed by atoms with Crippen LogP contribution >= 0.6 is 11.8 Å². The van der Waals surface area contributed by atoms with E-state index in [0.717, 1.165) is 37.7 Å². The van der Waals surface area contributed by atoms with E-state index in [4.69, 9.17) is 0 Å². The van der Waals surface area contributed by atoms with Gasteiger partial charge in [-0.15, -0.1) is 0 Å². The third kappa shape index (κ3) is 3.70. The number of piperidine rings is 1. The van der Waals surface area contributed by atoms with Crippen molar-refractivity contribution >= 4 is 34.9 Å². The van der Waals surface area contributed by atoms with E-state index in [0.29, 0.717) is 22.6 Å². The Hall–Kier alpha value is -1.93. The van der Waals surface area contributed by atoms with Gasteiger partial charge in [0.2, 0.25) is 5.95 Å². The molecule has 0 spiro atoms. The smallest absolute Gasteiger partial charge is 0.290 e. The molecule has 0 saturated carbocycles. The molecule has 2 aliphatic heterocycles. The predicted molar refractivity (Wildman–Crippen MR) is 90.1 cm³/mol. The number of likely N-dealkylation sites (N-methyl/N-ethyl adjacent to an activating group) is 2. The number of anilines is 1. The fourth-order valence-corrected chi connectivity index (χ4v) is 3.45. The Morgan fingerprint density at radius 1 is 1.48 bits per heavy atom. The minimum atomic E-state index is -0.373. The molecule has 7 nitrogen and oxygen atoms in total. The van der Waals surface area contributed by atoms with Crippen LogP contribution in [0.1, 0.15) is 18.5 Å². The topological polar surface area (TPSA) is 78.4 Å². The maximum Gasteiger partial charge on any atom is 0.290 e. The van der Waals surface area contributed by atoms with E-state index in [1.807, 2.05) is 7.05 Å². The molecular weight excluding hydrogens is 314 g/mol. The minimum absolute atomic E-state index is 0.349. The van der Waals surface area contributed by atoms with Crippen LogP contribution in [0.5, 0.6) is 0 Å². The molecule has 3 rings (SSSR count). The summed E-state index contributed by atoms with van der Waals surface area (Å²) in [4.78, 5) is 36.4. The summed E-state index contributed by atoms with van der Waals surface area (Å²) in [5.74, 6) is 0.261. The zero-order valence-electron chi connectivity index (χ0n) is 13.2. The number of nitrogens with one attached hydrogen (secondary N) is 1. The van der Waals surface area contributed by atoms with Crippen LogP contribution in [-0.2, 0) is 4.79 Å². The predicted octanol–water partition coefficient (Wildman–Crippen LogP) is 1.33. The molecule has 1 aromatic rings. The number of thioether (sulfide) groups is 1. The summed E-state index contributed by atoms with van der Waals surface area (Å²) < 4.78 is 0. The van der Waals surface area contributed by atoms with E-state index >= 15 is 0 Å². The third-order valence-corrected chi connectivity index (χ3v) is 4.86. The van der Waals surface area contributed by atoms with E-state index in [9.17, 15) is 9.59 Å². The molecule has 0 radical (unpaired) electrons. The highest BCUT2D eigenvalue weighted by Crippen LogP contribution is 2.25. The van der Waals surface area contributed by atoms with Gasteiger partial charge < -0.3 is 9.80 Å². The highest BCUT2D eigenvalue weighted by molar-refractivity contribution is 8.18. The maximum atomic E-state index is 11.6. The molecule has 1 aromatic heterocycles. The molecule has 8 heteroatoms. The van der Waals surface area contributed by atoms with Gasteiger partial charge in [-0.25, -0.2) is 9.97 Å². The Bertz CT molecular complexity index is 663. The molecule has 122 valence electrons. The second-order valence-electron chi connectivity index (χ2n) is 5.80. The Balaban J connectivity index is 1.78. The molecule has 23 heavy (non-hydrogen) atoms. The zero-order chi connectivity index (χ0) is 16.4. The average molecular weight is 333 g/mol. The molecule has 1 atom stereocenters. The second kappa shape index (κ2) is 6.67. The first-order valence-corrected chi connectivity index (χ1v) is 8.34. The van der Waals surface area contributed by atoms with Gasteiger partial charge in [-0.2, -0.15) is 0 Å². The number of imide groups is 1. The van der Waals surface area contributed by atoms with E-state index in [1.165, 1.54) is 0 Å². The molecule has 0 unspecified atom stereocenters. The summed E-state index contributed by atoms with van der Waals surface area (Å²) in [6, 6.07) is 2.11. The van der Waals surface area contributed by atoms with Gasteiger partial charge in [0.05, 0.1) is 10.6 Å². The lowest BCUT2D eigenvalue weighted by Gasteiger charge is -2.35. The van der Waals surface area contributed by atoms with Crippen LogP contribution in [-0.4, -0.2) is 59.2 Å². The number of rotatable bonds is 3. The van der Waals surface area contributed by atoms with Crippen molar-refractivity contribution < 1.29 is 9.59 Å². The summed E-state index contributed by atoms with van der Waals surface area (Å²) in [5.41, 5.74) is 0.623. The van der Waals surface area contributed by atoms with E-state index < -0.39 is 0 Å². The molecular formula is C15H19N5O2S. The fourth-order valence-electron chi connectivity index (χ4n) is 2.79. The Morgan fingerprint density at radius 2 is 2.30 bits per heavy atom. The number of carbonyl (C=O) groups excluding carboxylic acids is 2. The van der Waals surface area contributed by atoms with Crippen molar-refractivity contribution in [3.63, 3.8) is 0 Å². The monoisotopic (exact) mass is 333 g/mol. The number of nitrogens with zero attached hydrogens (tertiary/aromatic N) is 4. The summed E-state index contributed by atoms with van der Waals surface area (Å²) in [5, 5.41) is 1.89. The van der Waals surface area contributed by atoms with Crippen molar-refractivity contribution in [1.82, 2.24) is 20.2 Å². The zero-order valence-corrected chi connectivity index (χ0v) is 14.0. The van der Waals surface area contributed by atoms with E-state index in [-0.39, 0.29) is 11.1 Å². The standard InChI is InChI=1S/C15H19N5O2S/c1-19-7-3-4-11(9-19)20(2)14-16-6-5-10(17-14)8-12-13(21)18-15(22)23-12/h5-6,8,11H,3-4,7,9H2,1-2H3,(H,18,21,22)/t11-/m0/s1.